The highest BCUT2D eigenvalue weighted by Crippen LogP contribution is 2.22. The molecule has 0 radical (unpaired) electrons. The molecule has 1 unspecified atom stereocenters. The zero-order valence-electron chi connectivity index (χ0n) is 9.86. The number of carbonyl (C=O) groups is 1. The number of rotatable bonds is 2. The number of anilines is 1. The fourth-order valence-electron chi connectivity index (χ4n) is 2.28. The molecule has 1 aliphatic rings. The van der Waals surface area contributed by atoms with Crippen LogP contribution in [-0.4, -0.2) is 19.4 Å². The van der Waals surface area contributed by atoms with Gasteiger partial charge in [-0.3, -0.25) is 4.79 Å². The maximum absolute atomic E-state index is 10.6. The first-order valence-corrected chi connectivity index (χ1v) is 6.10. The predicted octanol–water partition coefficient (Wildman–Crippen LogP) is 3.13. The first kappa shape index (κ1) is 11.2. The summed E-state index contributed by atoms with van der Waals surface area (Å²) in [6.07, 6.45) is 4.78. The molecule has 1 aromatic carbocycles. The quantitative estimate of drug-likeness (QED) is 0.709. The summed E-state index contributed by atoms with van der Waals surface area (Å²) in [5.41, 5.74) is 2.01. The molecular formula is C14H19NO. The van der Waals surface area contributed by atoms with Gasteiger partial charge in [-0.1, -0.05) is 6.92 Å². The Hall–Kier alpha value is -1.31. The van der Waals surface area contributed by atoms with Gasteiger partial charge in [-0.15, -0.1) is 0 Å². The van der Waals surface area contributed by atoms with Crippen molar-refractivity contribution in [3.05, 3.63) is 29.8 Å². The Balaban J connectivity index is 2.07. The average molecular weight is 217 g/mol. The smallest absolute Gasteiger partial charge is 0.150 e. The molecule has 2 nitrogen and oxygen atoms in total. The van der Waals surface area contributed by atoms with Crippen LogP contribution in [0.15, 0.2) is 24.3 Å². The van der Waals surface area contributed by atoms with Crippen LogP contribution in [0.1, 0.15) is 36.5 Å². The minimum atomic E-state index is 0.756. The van der Waals surface area contributed by atoms with Gasteiger partial charge in [-0.2, -0.15) is 0 Å². The highest BCUT2D eigenvalue weighted by molar-refractivity contribution is 5.75. The third-order valence-electron chi connectivity index (χ3n) is 3.41. The Morgan fingerprint density at radius 2 is 1.94 bits per heavy atom. The van der Waals surface area contributed by atoms with Gasteiger partial charge in [-0.25, -0.2) is 0 Å². The summed E-state index contributed by atoms with van der Waals surface area (Å²) in [6.45, 7) is 4.62. The molecule has 0 N–H and O–H groups in total. The van der Waals surface area contributed by atoms with Crippen molar-refractivity contribution in [2.24, 2.45) is 5.92 Å². The van der Waals surface area contributed by atoms with E-state index >= 15 is 0 Å². The zero-order valence-corrected chi connectivity index (χ0v) is 9.86. The Bertz CT molecular complexity index is 344. The Morgan fingerprint density at radius 1 is 1.19 bits per heavy atom. The van der Waals surface area contributed by atoms with Crippen LogP contribution in [0, 0.1) is 5.92 Å². The van der Waals surface area contributed by atoms with Crippen LogP contribution in [-0.2, 0) is 0 Å². The molecule has 16 heavy (non-hydrogen) atoms. The number of carbonyl (C=O) groups excluding carboxylic acids is 1. The number of benzene rings is 1. The molecule has 1 atom stereocenters. The van der Waals surface area contributed by atoms with Gasteiger partial charge >= 0.3 is 0 Å². The maximum atomic E-state index is 10.6. The predicted molar refractivity (Wildman–Crippen MR) is 67.1 cm³/mol. The van der Waals surface area contributed by atoms with Gasteiger partial charge in [0.1, 0.15) is 6.29 Å². The monoisotopic (exact) mass is 217 g/mol. The minimum absolute atomic E-state index is 0.756. The molecular weight excluding hydrogens is 198 g/mol. The van der Waals surface area contributed by atoms with E-state index in [1.165, 1.54) is 24.9 Å². The third kappa shape index (κ3) is 2.63. The lowest BCUT2D eigenvalue weighted by molar-refractivity contribution is 0.112. The average Bonchev–Trinajstić information content (AvgIpc) is 2.54. The van der Waals surface area contributed by atoms with Gasteiger partial charge in [0.2, 0.25) is 0 Å². The summed E-state index contributed by atoms with van der Waals surface area (Å²) < 4.78 is 0. The van der Waals surface area contributed by atoms with Gasteiger partial charge in [0, 0.05) is 24.3 Å². The summed E-state index contributed by atoms with van der Waals surface area (Å²) >= 11 is 0. The fraction of sp³-hybridized carbons (Fsp3) is 0.500. The molecule has 0 saturated carbocycles. The molecule has 1 heterocycles. The molecule has 2 rings (SSSR count). The molecule has 0 aliphatic carbocycles. The number of hydrogen-bond acceptors (Lipinski definition) is 2. The molecule has 0 spiro atoms. The van der Waals surface area contributed by atoms with Crippen LogP contribution in [0.5, 0.6) is 0 Å². The number of nitrogens with zero attached hydrogens (tertiary/aromatic N) is 1. The van der Waals surface area contributed by atoms with E-state index in [2.05, 4.69) is 24.0 Å². The van der Waals surface area contributed by atoms with E-state index in [1.54, 1.807) is 0 Å². The van der Waals surface area contributed by atoms with Crippen LogP contribution in [0.4, 0.5) is 5.69 Å². The fourth-order valence-corrected chi connectivity index (χ4v) is 2.28. The summed E-state index contributed by atoms with van der Waals surface area (Å²) in [7, 11) is 0. The van der Waals surface area contributed by atoms with Crippen LogP contribution in [0.3, 0.4) is 0 Å². The topological polar surface area (TPSA) is 20.3 Å². The Kier molecular flexibility index (Phi) is 3.60. The van der Waals surface area contributed by atoms with E-state index < -0.39 is 0 Å². The van der Waals surface area contributed by atoms with Crippen LogP contribution in [0.2, 0.25) is 0 Å². The second kappa shape index (κ2) is 5.15. The number of hydrogen-bond donors (Lipinski definition) is 0. The lowest BCUT2D eigenvalue weighted by atomic mass is 10.0. The Morgan fingerprint density at radius 3 is 2.62 bits per heavy atom. The molecule has 1 fully saturated rings. The second-order valence-corrected chi connectivity index (χ2v) is 4.73. The van der Waals surface area contributed by atoms with E-state index in [-0.39, 0.29) is 0 Å². The summed E-state index contributed by atoms with van der Waals surface area (Å²) in [5.74, 6) is 0.847. The molecule has 2 heteroatoms. The molecule has 0 bridgehead atoms. The number of aldehydes is 1. The van der Waals surface area contributed by atoms with E-state index in [1.807, 2.05) is 12.1 Å². The SMILES string of the molecule is CC1CCCN(c2ccc(C=O)cc2)CC1. The molecule has 0 amide bonds. The van der Waals surface area contributed by atoms with Crippen LogP contribution >= 0.6 is 0 Å². The largest absolute Gasteiger partial charge is 0.372 e. The van der Waals surface area contributed by atoms with Crippen molar-refractivity contribution in [2.75, 3.05) is 18.0 Å². The van der Waals surface area contributed by atoms with Gasteiger partial charge in [-0.05, 0) is 49.4 Å². The van der Waals surface area contributed by atoms with Crippen molar-refractivity contribution in [1.29, 1.82) is 0 Å². The van der Waals surface area contributed by atoms with Gasteiger partial charge in [0.25, 0.3) is 0 Å². The van der Waals surface area contributed by atoms with Crippen LogP contribution in [0.25, 0.3) is 0 Å². The zero-order chi connectivity index (χ0) is 11.4. The second-order valence-electron chi connectivity index (χ2n) is 4.73. The van der Waals surface area contributed by atoms with Crippen LogP contribution < -0.4 is 4.90 Å². The lowest BCUT2D eigenvalue weighted by Crippen LogP contribution is -2.23. The minimum Gasteiger partial charge on any atom is -0.372 e. The molecule has 86 valence electrons. The normalized spacial score (nSPS) is 21.6. The summed E-state index contributed by atoms with van der Waals surface area (Å²) in [5, 5.41) is 0. The molecule has 1 saturated heterocycles. The van der Waals surface area contributed by atoms with Crippen molar-refractivity contribution >= 4 is 12.0 Å². The van der Waals surface area contributed by atoms with E-state index in [9.17, 15) is 4.79 Å². The Labute approximate surface area is 97.3 Å². The highest BCUT2D eigenvalue weighted by Gasteiger charge is 2.13. The van der Waals surface area contributed by atoms with Crippen molar-refractivity contribution in [3.8, 4) is 0 Å². The van der Waals surface area contributed by atoms with Crippen molar-refractivity contribution in [3.63, 3.8) is 0 Å². The van der Waals surface area contributed by atoms with Crippen molar-refractivity contribution in [1.82, 2.24) is 0 Å². The third-order valence-corrected chi connectivity index (χ3v) is 3.41. The first-order valence-electron chi connectivity index (χ1n) is 6.10. The standard InChI is InChI=1S/C14H19NO/c1-12-3-2-9-15(10-8-12)14-6-4-13(11-16)5-7-14/h4-7,11-12H,2-3,8-10H2,1H3. The van der Waals surface area contributed by atoms with Crippen molar-refractivity contribution < 1.29 is 4.79 Å². The molecule has 1 aliphatic heterocycles. The van der Waals surface area contributed by atoms with Gasteiger partial charge in [0.05, 0.1) is 0 Å². The van der Waals surface area contributed by atoms with E-state index in [0.717, 1.165) is 30.9 Å². The summed E-state index contributed by atoms with van der Waals surface area (Å²) in [6, 6.07) is 7.91. The van der Waals surface area contributed by atoms with E-state index in [4.69, 9.17) is 0 Å². The molecule has 1 aromatic rings. The van der Waals surface area contributed by atoms with Gasteiger partial charge in [0.15, 0.2) is 0 Å². The van der Waals surface area contributed by atoms with Crippen molar-refractivity contribution in [2.45, 2.75) is 26.2 Å². The maximum Gasteiger partial charge on any atom is 0.150 e. The summed E-state index contributed by atoms with van der Waals surface area (Å²) in [4.78, 5) is 13.0. The van der Waals surface area contributed by atoms with Gasteiger partial charge < -0.3 is 4.90 Å². The lowest BCUT2D eigenvalue weighted by Gasteiger charge is -2.22. The van der Waals surface area contributed by atoms with E-state index in [0.29, 0.717) is 0 Å². The first-order chi connectivity index (χ1) is 7.79. The molecule has 0 aromatic heterocycles. The highest BCUT2D eigenvalue weighted by atomic mass is 16.1.